The van der Waals surface area contributed by atoms with Crippen molar-refractivity contribution >= 4 is 28.1 Å². The third kappa shape index (κ3) is 4.62. The lowest BCUT2D eigenvalue weighted by Gasteiger charge is -2.25. The van der Waals surface area contributed by atoms with E-state index in [0.29, 0.717) is 29.1 Å². The molecule has 0 unspecified atom stereocenters. The van der Waals surface area contributed by atoms with Crippen molar-refractivity contribution in [2.24, 2.45) is 0 Å². The van der Waals surface area contributed by atoms with E-state index in [4.69, 9.17) is 19.9 Å². The molecule has 2 aromatic carbocycles. The maximum Gasteiger partial charge on any atom is 0.197 e. The van der Waals surface area contributed by atoms with E-state index in [-0.39, 0.29) is 41.3 Å². The Morgan fingerprint density at radius 3 is 2.35 bits per heavy atom. The van der Waals surface area contributed by atoms with Crippen molar-refractivity contribution < 1.29 is 23.4 Å². The van der Waals surface area contributed by atoms with Crippen LogP contribution in [0.1, 0.15) is 50.5 Å². The van der Waals surface area contributed by atoms with E-state index < -0.39 is 5.82 Å². The van der Waals surface area contributed by atoms with Gasteiger partial charge in [-0.3, -0.25) is 4.79 Å². The molecule has 0 saturated carbocycles. The first-order valence-corrected chi connectivity index (χ1v) is 11.4. The van der Waals surface area contributed by atoms with Crippen molar-refractivity contribution in [3.8, 4) is 17.2 Å². The fraction of sp³-hybridized carbons (Fsp3) is 0.423. The Bertz CT molecular complexity index is 1210. The highest BCUT2D eigenvalue weighted by Crippen LogP contribution is 2.41. The Balaban J connectivity index is 2.07. The third-order valence-corrected chi connectivity index (χ3v) is 5.67. The Labute approximate surface area is 200 Å². The molecule has 0 atom stereocenters. The number of nitrogens with one attached hydrogen (secondary N) is 1. The molecule has 0 saturated heterocycles. The van der Waals surface area contributed by atoms with Crippen molar-refractivity contribution in [2.75, 3.05) is 38.4 Å². The number of benzene rings is 2. The zero-order valence-corrected chi connectivity index (χ0v) is 21.0. The summed E-state index contributed by atoms with van der Waals surface area (Å²) in [6.45, 7) is 10.4. The van der Waals surface area contributed by atoms with Crippen LogP contribution in [0.4, 0.5) is 15.9 Å². The molecule has 8 heteroatoms. The minimum atomic E-state index is -0.594. The molecule has 3 rings (SSSR count). The molecule has 3 aromatic rings. The zero-order chi connectivity index (χ0) is 25.2. The van der Waals surface area contributed by atoms with Crippen molar-refractivity contribution in [3.05, 3.63) is 41.3 Å². The molecule has 0 fully saturated rings. The van der Waals surface area contributed by atoms with Crippen molar-refractivity contribution in [1.29, 1.82) is 0 Å². The van der Waals surface area contributed by atoms with Gasteiger partial charge in [0, 0.05) is 29.8 Å². The number of fused-ring (bicyclic) bond motifs is 1. The summed E-state index contributed by atoms with van der Waals surface area (Å²) in [5, 5.41) is 3.86. The Morgan fingerprint density at radius 2 is 1.79 bits per heavy atom. The molecule has 0 spiro atoms. The van der Waals surface area contributed by atoms with Gasteiger partial charge in [-0.25, -0.2) is 4.39 Å². The number of hydrogen-bond acceptors (Lipinski definition) is 6. The summed E-state index contributed by atoms with van der Waals surface area (Å²) in [6, 6.07) is 5.30. The van der Waals surface area contributed by atoms with Crippen LogP contribution < -0.4 is 25.3 Å². The van der Waals surface area contributed by atoms with Gasteiger partial charge in [0.05, 0.1) is 37.9 Å². The smallest absolute Gasteiger partial charge is 0.197 e. The molecular weight excluding hydrogens is 437 g/mol. The van der Waals surface area contributed by atoms with E-state index in [0.717, 1.165) is 11.3 Å². The van der Waals surface area contributed by atoms with Gasteiger partial charge < -0.3 is 29.8 Å². The summed E-state index contributed by atoms with van der Waals surface area (Å²) >= 11 is 0. The molecule has 1 aromatic heterocycles. The average molecular weight is 472 g/mol. The number of carbonyl (C=O) groups is 1. The van der Waals surface area contributed by atoms with Crippen LogP contribution in [-0.2, 0) is 12.0 Å². The molecule has 184 valence electrons. The second-order valence-corrected chi connectivity index (χ2v) is 9.02. The van der Waals surface area contributed by atoms with Gasteiger partial charge in [0.2, 0.25) is 0 Å². The van der Waals surface area contributed by atoms with Gasteiger partial charge in [-0.05, 0) is 37.5 Å². The molecule has 7 nitrogen and oxygen atoms in total. The molecule has 0 radical (unpaired) electrons. The first-order chi connectivity index (χ1) is 16.1. The van der Waals surface area contributed by atoms with E-state index in [1.807, 2.05) is 13.0 Å². The second kappa shape index (κ2) is 9.83. The number of Topliss-reactive ketones (excluding diaryl/α,β-unsaturated/α-hetero) is 1. The van der Waals surface area contributed by atoms with Crippen LogP contribution in [0.5, 0.6) is 17.2 Å². The van der Waals surface area contributed by atoms with Gasteiger partial charge in [-0.2, -0.15) is 0 Å². The van der Waals surface area contributed by atoms with E-state index in [1.54, 1.807) is 44.0 Å². The van der Waals surface area contributed by atoms with Gasteiger partial charge >= 0.3 is 0 Å². The maximum atomic E-state index is 15.3. The number of carbonyl (C=O) groups excluding carboxylic acids is 1. The SMILES string of the molecule is CCOc1cc2cn(CC(=O)c3cc(NC)c(OC)c(C(C)(C)C)c3)c(N)c2c(F)c1OCC. The highest BCUT2D eigenvalue weighted by Gasteiger charge is 2.25. The number of nitrogens with zero attached hydrogens (tertiary/aromatic N) is 1. The quantitative estimate of drug-likeness (QED) is 0.407. The minimum Gasteiger partial charge on any atom is -0.494 e. The largest absolute Gasteiger partial charge is 0.494 e. The van der Waals surface area contributed by atoms with E-state index in [2.05, 4.69) is 26.1 Å². The number of rotatable bonds is 9. The van der Waals surface area contributed by atoms with Crippen LogP contribution >= 0.6 is 0 Å². The molecular formula is C26H34FN3O4. The highest BCUT2D eigenvalue weighted by atomic mass is 19.1. The number of methoxy groups -OCH3 is 1. The Morgan fingerprint density at radius 1 is 1.12 bits per heavy atom. The molecule has 0 amide bonds. The third-order valence-electron chi connectivity index (χ3n) is 5.67. The van der Waals surface area contributed by atoms with Crippen LogP contribution in [0.2, 0.25) is 0 Å². The highest BCUT2D eigenvalue weighted by molar-refractivity contribution is 6.00. The zero-order valence-electron chi connectivity index (χ0n) is 21.0. The molecule has 34 heavy (non-hydrogen) atoms. The molecule has 0 aliphatic rings. The molecule has 0 aliphatic heterocycles. The van der Waals surface area contributed by atoms with Crippen LogP contribution in [0, 0.1) is 5.82 Å². The molecule has 0 aliphatic carbocycles. The fourth-order valence-electron chi connectivity index (χ4n) is 4.04. The van der Waals surface area contributed by atoms with Crippen LogP contribution in [0.3, 0.4) is 0 Å². The van der Waals surface area contributed by atoms with Crippen molar-refractivity contribution in [3.63, 3.8) is 0 Å². The van der Waals surface area contributed by atoms with Gasteiger partial charge in [-0.1, -0.05) is 20.8 Å². The van der Waals surface area contributed by atoms with Gasteiger partial charge in [0.25, 0.3) is 0 Å². The monoisotopic (exact) mass is 471 g/mol. The van der Waals surface area contributed by atoms with Gasteiger partial charge in [0.15, 0.2) is 23.1 Å². The summed E-state index contributed by atoms with van der Waals surface area (Å²) in [5.41, 5.74) is 8.19. The Hall–Kier alpha value is -3.42. The van der Waals surface area contributed by atoms with Crippen LogP contribution in [-0.4, -0.2) is 37.7 Å². The molecule has 0 bridgehead atoms. The second-order valence-electron chi connectivity index (χ2n) is 9.02. The first kappa shape index (κ1) is 25.2. The Kier molecular flexibility index (Phi) is 7.29. The van der Waals surface area contributed by atoms with Crippen molar-refractivity contribution in [1.82, 2.24) is 4.57 Å². The summed E-state index contributed by atoms with van der Waals surface area (Å²) < 4.78 is 33.6. The summed E-state index contributed by atoms with van der Waals surface area (Å²) in [7, 11) is 3.39. The number of halogens is 1. The minimum absolute atomic E-state index is 0.0243. The first-order valence-electron chi connectivity index (χ1n) is 11.4. The molecule has 1 heterocycles. The number of ether oxygens (including phenoxy) is 3. The lowest BCUT2D eigenvalue weighted by molar-refractivity contribution is 0.0973. The number of ketones is 1. The van der Waals surface area contributed by atoms with Gasteiger partial charge in [-0.15, -0.1) is 0 Å². The summed E-state index contributed by atoms with van der Waals surface area (Å²) in [6.07, 6.45) is 1.66. The maximum absolute atomic E-state index is 15.3. The number of hydrogen-bond donors (Lipinski definition) is 2. The van der Waals surface area contributed by atoms with Crippen LogP contribution in [0.25, 0.3) is 10.8 Å². The normalized spacial score (nSPS) is 11.5. The number of aromatic nitrogens is 1. The average Bonchev–Trinajstić information content (AvgIpc) is 3.09. The molecule has 3 N–H and O–H groups in total. The number of anilines is 2. The lowest BCUT2D eigenvalue weighted by Crippen LogP contribution is -2.17. The predicted molar refractivity (Wildman–Crippen MR) is 134 cm³/mol. The standard InChI is InChI=1S/C26H34FN3O4/c1-8-33-20-12-16-13-30(25(28)21(16)22(27)24(20)34-9-2)14-19(31)15-10-17(26(3,4)5)23(32-7)18(11-15)29-6/h10-13,29H,8-9,14,28H2,1-7H3. The number of nitrogens with two attached hydrogens (primary N) is 1. The van der Waals surface area contributed by atoms with E-state index in [9.17, 15) is 4.79 Å². The van der Waals surface area contributed by atoms with Crippen molar-refractivity contribution in [2.45, 2.75) is 46.6 Å². The topological polar surface area (TPSA) is 87.7 Å². The van der Waals surface area contributed by atoms with E-state index in [1.165, 1.54) is 0 Å². The van der Waals surface area contributed by atoms with Gasteiger partial charge in [0.1, 0.15) is 11.6 Å². The summed E-state index contributed by atoms with van der Waals surface area (Å²) in [5.74, 6) is 0.434. The fourth-order valence-corrected chi connectivity index (χ4v) is 4.04. The van der Waals surface area contributed by atoms with E-state index >= 15 is 4.39 Å². The lowest BCUT2D eigenvalue weighted by atomic mass is 9.84. The summed E-state index contributed by atoms with van der Waals surface area (Å²) in [4.78, 5) is 13.3. The van der Waals surface area contributed by atoms with Crippen LogP contribution in [0.15, 0.2) is 24.4 Å². The number of nitrogen functional groups attached to an aromatic ring is 1. The predicted octanol–water partition coefficient (Wildman–Crippen LogP) is 5.39.